The summed E-state index contributed by atoms with van der Waals surface area (Å²) >= 11 is 1.68. The molecule has 0 spiro atoms. The highest BCUT2D eigenvalue weighted by Gasteiger charge is 2.38. The van der Waals surface area contributed by atoms with E-state index in [4.69, 9.17) is 5.73 Å². The van der Waals surface area contributed by atoms with Crippen LogP contribution in [0.15, 0.2) is 17.5 Å². The Morgan fingerprint density at radius 2 is 2.35 bits per heavy atom. The van der Waals surface area contributed by atoms with Crippen molar-refractivity contribution < 1.29 is 4.79 Å². The van der Waals surface area contributed by atoms with E-state index in [-0.39, 0.29) is 5.91 Å². The SMILES string of the molecule is NC1CCCC2CN(CC(=O)NCc3cccs3)CC12. The molecule has 1 aliphatic heterocycles. The van der Waals surface area contributed by atoms with Crippen molar-refractivity contribution in [1.82, 2.24) is 10.2 Å². The quantitative estimate of drug-likeness (QED) is 0.883. The number of carbonyl (C=O) groups is 1. The van der Waals surface area contributed by atoms with E-state index in [1.54, 1.807) is 11.3 Å². The minimum atomic E-state index is 0.130. The van der Waals surface area contributed by atoms with Gasteiger partial charge in [-0.05, 0) is 36.1 Å². The summed E-state index contributed by atoms with van der Waals surface area (Å²) in [5, 5.41) is 5.04. The molecular formula is C15H23N3OS. The smallest absolute Gasteiger partial charge is 0.234 e. The molecule has 5 heteroatoms. The number of amides is 1. The van der Waals surface area contributed by atoms with Crippen LogP contribution in [0.2, 0.25) is 0 Å². The van der Waals surface area contributed by atoms with Gasteiger partial charge in [-0.2, -0.15) is 0 Å². The molecule has 0 bridgehead atoms. The molecule has 3 N–H and O–H groups in total. The number of nitrogens with zero attached hydrogens (tertiary/aromatic N) is 1. The van der Waals surface area contributed by atoms with Crippen molar-refractivity contribution in [2.45, 2.75) is 31.8 Å². The molecule has 2 heterocycles. The van der Waals surface area contributed by atoms with E-state index in [0.29, 0.717) is 31.0 Å². The monoisotopic (exact) mass is 293 g/mol. The fraction of sp³-hybridized carbons (Fsp3) is 0.667. The maximum absolute atomic E-state index is 12.0. The van der Waals surface area contributed by atoms with E-state index in [2.05, 4.69) is 10.2 Å². The van der Waals surface area contributed by atoms with Crippen LogP contribution in [0.3, 0.4) is 0 Å². The molecule has 2 fully saturated rings. The molecule has 3 atom stereocenters. The van der Waals surface area contributed by atoms with Gasteiger partial charge in [0.1, 0.15) is 0 Å². The number of likely N-dealkylation sites (tertiary alicyclic amines) is 1. The van der Waals surface area contributed by atoms with Gasteiger partial charge in [-0.25, -0.2) is 0 Å². The fourth-order valence-electron chi connectivity index (χ4n) is 3.60. The molecule has 110 valence electrons. The predicted molar refractivity (Wildman–Crippen MR) is 81.4 cm³/mol. The number of hydrogen-bond donors (Lipinski definition) is 2. The zero-order chi connectivity index (χ0) is 13.9. The van der Waals surface area contributed by atoms with Gasteiger partial charge < -0.3 is 11.1 Å². The third kappa shape index (κ3) is 3.22. The summed E-state index contributed by atoms with van der Waals surface area (Å²) in [4.78, 5) is 15.5. The molecule has 1 aromatic heterocycles. The van der Waals surface area contributed by atoms with Gasteiger partial charge in [0.25, 0.3) is 0 Å². The lowest BCUT2D eigenvalue weighted by Gasteiger charge is -2.29. The lowest BCUT2D eigenvalue weighted by molar-refractivity contribution is -0.122. The largest absolute Gasteiger partial charge is 0.350 e. The van der Waals surface area contributed by atoms with Crippen molar-refractivity contribution in [1.29, 1.82) is 0 Å². The van der Waals surface area contributed by atoms with Crippen LogP contribution in [0.4, 0.5) is 0 Å². The molecule has 2 aliphatic rings. The highest BCUT2D eigenvalue weighted by Crippen LogP contribution is 2.35. The second-order valence-electron chi connectivity index (χ2n) is 6.07. The molecule has 4 nitrogen and oxygen atoms in total. The van der Waals surface area contributed by atoms with Crippen molar-refractivity contribution in [2.24, 2.45) is 17.6 Å². The summed E-state index contributed by atoms with van der Waals surface area (Å²) in [5.74, 6) is 1.45. The first-order valence-corrected chi connectivity index (χ1v) is 8.37. The summed E-state index contributed by atoms with van der Waals surface area (Å²) in [6, 6.07) is 4.40. The summed E-state index contributed by atoms with van der Waals surface area (Å²) in [5.41, 5.74) is 6.21. The summed E-state index contributed by atoms with van der Waals surface area (Å²) in [6.07, 6.45) is 3.69. The van der Waals surface area contributed by atoms with Crippen LogP contribution < -0.4 is 11.1 Å². The standard InChI is InChI=1S/C15H23N3OS/c16-14-5-1-3-11-8-18(9-13(11)14)10-15(19)17-7-12-4-2-6-20-12/h2,4,6,11,13-14H,1,3,5,7-10,16H2,(H,17,19). The van der Waals surface area contributed by atoms with E-state index < -0.39 is 0 Å². The number of hydrogen-bond acceptors (Lipinski definition) is 4. The number of rotatable bonds is 4. The molecule has 1 aromatic rings. The Bertz CT molecular complexity index is 448. The lowest BCUT2D eigenvalue weighted by Crippen LogP contribution is -2.39. The number of thiophene rings is 1. The summed E-state index contributed by atoms with van der Waals surface area (Å²) in [6.45, 7) is 3.21. The fourth-order valence-corrected chi connectivity index (χ4v) is 4.24. The molecule has 1 amide bonds. The molecule has 3 rings (SSSR count). The molecule has 3 unspecified atom stereocenters. The minimum absolute atomic E-state index is 0.130. The second-order valence-corrected chi connectivity index (χ2v) is 7.10. The lowest BCUT2D eigenvalue weighted by atomic mass is 9.78. The average molecular weight is 293 g/mol. The Balaban J connectivity index is 1.45. The minimum Gasteiger partial charge on any atom is -0.350 e. The number of fused-ring (bicyclic) bond motifs is 1. The zero-order valence-corrected chi connectivity index (χ0v) is 12.6. The maximum atomic E-state index is 12.0. The summed E-state index contributed by atoms with van der Waals surface area (Å²) in [7, 11) is 0. The Kier molecular flexibility index (Phi) is 4.38. The third-order valence-corrected chi connectivity index (χ3v) is 5.51. The molecule has 1 saturated carbocycles. The van der Waals surface area contributed by atoms with Gasteiger partial charge >= 0.3 is 0 Å². The van der Waals surface area contributed by atoms with Crippen LogP contribution in [0.25, 0.3) is 0 Å². The van der Waals surface area contributed by atoms with Crippen LogP contribution in [0.5, 0.6) is 0 Å². The van der Waals surface area contributed by atoms with Crippen molar-refractivity contribution in [2.75, 3.05) is 19.6 Å². The Morgan fingerprint density at radius 3 is 3.10 bits per heavy atom. The first-order chi connectivity index (χ1) is 9.72. The molecule has 0 radical (unpaired) electrons. The van der Waals surface area contributed by atoms with Gasteiger partial charge in [0.05, 0.1) is 13.1 Å². The highest BCUT2D eigenvalue weighted by molar-refractivity contribution is 7.09. The van der Waals surface area contributed by atoms with Crippen molar-refractivity contribution in [3.8, 4) is 0 Å². The van der Waals surface area contributed by atoms with Crippen LogP contribution >= 0.6 is 11.3 Å². The van der Waals surface area contributed by atoms with Gasteiger partial charge in [-0.1, -0.05) is 12.5 Å². The van der Waals surface area contributed by atoms with E-state index in [0.717, 1.165) is 19.5 Å². The predicted octanol–water partition coefficient (Wildman–Crippen LogP) is 1.42. The molecule has 20 heavy (non-hydrogen) atoms. The van der Waals surface area contributed by atoms with E-state index >= 15 is 0 Å². The van der Waals surface area contributed by atoms with Crippen molar-refractivity contribution in [3.05, 3.63) is 22.4 Å². The first-order valence-electron chi connectivity index (χ1n) is 7.49. The zero-order valence-electron chi connectivity index (χ0n) is 11.8. The van der Waals surface area contributed by atoms with E-state index in [9.17, 15) is 4.79 Å². The van der Waals surface area contributed by atoms with Crippen molar-refractivity contribution >= 4 is 17.2 Å². The van der Waals surface area contributed by atoms with E-state index in [1.165, 1.54) is 17.7 Å². The van der Waals surface area contributed by atoms with Gasteiger partial charge in [-0.15, -0.1) is 11.3 Å². The number of carbonyl (C=O) groups excluding carboxylic acids is 1. The van der Waals surface area contributed by atoms with E-state index in [1.807, 2.05) is 17.5 Å². The average Bonchev–Trinajstić information content (AvgIpc) is 3.05. The van der Waals surface area contributed by atoms with Crippen LogP contribution in [-0.4, -0.2) is 36.5 Å². The molecule has 0 aromatic carbocycles. The van der Waals surface area contributed by atoms with Gasteiger partial charge in [-0.3, -0.25) is 9.69 Å². The van der Waals surface area contributed by atoms with Gasteiger partial charge in [0.2, 0.25) is 5.91 Å². The molecule has 1 saturated heterocycles. The second kappa shape index (κ2) is 6.24. The number of nitrogens with one attached hydrogen (secondary N) is 1. The topological polar surface area (TPSA) is 58.4 Å². The molecular weight excluding hydrogens is 270 g/mol. The van der Waals surface area contributed by atoms with Crippen molar-refractivity contribution in [3.63, 3.8) is 0 Å². The third-order valence-electron chi connectivity index (χ3n) is 4.64. The van der Waals surface area contributed by atoms with Gasteiger partial charge in [0.15, 0.2) is 0 Å². The molecule has 1 aliphatic carbocycles. The number of nitrogens with two attached hydrogens (primary N) is 1. The van der Waals surface area contributed by atoms with Gasteiger partial charge in [0, 0.05) is 24.0 Å². The first kappa shape index (κ1) is 14.0. The van der Waals surface area contributed by atoms with Crippen LogP contribution in [0.1, 0.15) is 24.1 Å². The van der Waals surface area contributed by atoms with Crippen LogP contribution in [0, 0.1) is 11.8 Å². The Hall–Kier alpha value is -0.910. The van der Waals surface area contributed by atoms with Crippen LogP contribution in [-0.2, 0) is 11.3 Å². The maximum Gasteiger partial charge on any atom is 0.234 e. The Labute approximate surface area is 124 Å². The Morgan fingerprint density at radius 1 is 1.45 bits per heavy atom. The summed E-state index contributed by atoms with van der Waals surface area (Å²) < 4.78 is 0. The highest BCUT2D eigenvalue weighted by atomic mass is 32.1. The normalized spacial score (nSPS) is 30.1.